The average molecular weight is 379 g/mol. The van der Waals surface area contributed by atoms with Crippen LogP contribution in [0.5, 0.6) is 11.5 Å². The Morgan fingerprint density at radius 2 is 1.64 bits per heavy atom. The van der Waals surface area contributed by atoms with Crippen LogP contribution in [0.3, 0.4) is 0 Å². The highest BCUT2D eigenvalue weighted by atomic mass is 16.3. The summed E-state index contributed by atoms with van der Waals surface area (Å²) < 4.78 is 1.49. The predicted molar refractivity (Wildman–Crippen MR) is 109 cm³/mol. The second-order valence-corrected chi connectivity index (χ2v) is 7.20. The maximum Gasteiger partial charge on any atom is 0.326 e. The number of aromatic nitrogens is 2. The molecule has 0 saturated heterocycles. The van der Waals surface area contributed by atoms with E-state index >= 15 is 0 Å². The number of nitrogens with zero attached hydrogens (tertiary/aromatic N) is 2. The highest BCUT2D eigenvalue weighted by Gasteiger charge is 2.06. The molecule has 28 heavy (non-hydrogen) atoms. The first-order valence-corrected chi connectivity index (χ1v) is 9.17. The molecule has 0 saturated carbocycles. The topological polar surface area (TPSA) is 90.6 Å². The molecule has 0 aliphatic heterocycles. The van der Waals surface area contributed by atoms with E-state index in [2.05, 4.69) is 24.0 Å². The monoisotopic (exact) mass is 379 g/mol. The molecular formula is C22H25N3O3. The molecule has 0 atom stereocenters. The van der Waals surface area contributed by atoms with Gasteiger partial charge in [-0.1, -0.05) is 23.8 Å². The largest absolute Gasteiger partial charge is 0.504 e. The molecule has 6 nitrogen and oxygen atoms in total. The van der Waals surface area contributed by atoms with Crippen molar-refractivity contribution in [1.82, 2.24) is 9.55 Å². The van der Waals surface area contributed by atoms with E-state index in [4.69, 9.17) is 4.99 Å². The number of aryl methyl sites for hydroxylation is 5. The van der Waals surface area contributed by atoms with E-state index in [0.29, 0.717) is 18.3 Å². The maximum absolute atomic E-state index is 12.4. The molecule has 0 bridgehead atoms. The van der Waals surface area contributed by atoms with Crippen molar-refractivity contribution >= 4 is 5.69 Å². The predicted octanol–water partition coefficient (Wildman–Crippen LogP) is 3.07. The maximum atomic E-state index is 12.4. The van der Waals surface area contributed by atoms with Crippen LogP contribution in [0.4, 0.5) is 5.69 Å². The number of H-pyrrole nitrogens is 1. The minimum absolute atomic E-state index is 0.145. The highest BCUT2D eigenvalue weighted by Crippen LogP contribution is 2.26. The van der Waals surface area contributed by atoms with E-state index in [0.717, 1.165) is 28.1 Å². The molecule has 0 aliphatic rings. The Kier molecular flexibility index (Phi) is 5.40. The summed E-state index contributed by atoms with van der Waals surface area (Å²) in [7, 11) is 1.69. The lowest BCUT2D eigenvalue weighted by atomic mass is 10.1. The van der Waals surface area contributed by atoms with Crippen LogP contribution in [0.15, 0.2) is 46.2 Å². The fraction of sp³-hybridized carbons (Fsp3) is 0.273. The summed E-state index contributed by atoms with van der Waals surface area (Å²) in [5.74, 6) is -0.291. The van der Waals surface area contributed by atoms with E-state index in [1.165, 1.54) is 22.3 Å². The average Bonchev–Trinajstić information content (AvgIpc) is 2.62. The molecule has 3 rings (SSSR count). The van der Waals surface area contributed by atoms with Crippen LogP contribution < -0.4 is 11.2 Å². The quantitative estimate of drug-likeness (QED) is 0.609. The van der Waals surface area contributed by atoms with Crippen molar-refractivity contribution in [2.24, 2.45) is 12.0 Å². The first-order valence-electron chi connectivity index (χ1n) is 9.17. The normalized spacial score (nSPS) is 11.8. The second-order valence-electron chi connectivity index (χ2n) is 7.20. The molecule has 0 spiro atoms. The van der Waals surface area contributed by atoms with E-state index in [9.17, 15) is 15.0 Å². The van der Waals surface area contributed by atoms with E-state index < -0.39 is 0 Å². The third-order valence-electron chi connectivity index (χ3n) is 4.80. The zero-order valence-electron chi connectivity index (χ0n) is 16.6. The van der Waals surface area contributed by atoms with Crippen LogP contribution in [0.1, 0.15) is 27.9 Å². The van der Waals surface area contributed by atoms with Gasteiger partial charge in [0.2, 0.25) is 0 Å². The summed E-state index contributed by atoms with van der Waals surface area (Å²) in [4.78, 5) is 20.0. The molecule has 1 heterocycles. The summed E-state index contributed by atoms with van der Waals surface area (Å²) in [5.41, 5.74) is 6.18. The van der Waals surface area contributed by atoms with Gasteiger partial charge in [-0.15, -0.1) is 0 Å². The van der Waals surface area contributed by atoms with Crippen molar-refractivity contribution < 1.29 is 10.2 Å². The lowest BCUT2D eigenvalue weighted by Gasteiger charge is -2.09. The standard InChI is InChI=1S/C22H25N3O3/c1-13-9-14(2)21(15(3)10-13)24-20-12-17(23-22(28)25(20)4)7-5-16-6-8-18(26)19(27)11-16/h6,8-12,26-27H,5,7H2,1-4H3,(H,23,28). The third kappa shape index (κ3) is 4.17. The number of hydrogen-bond acceptors (Lipinski definition) is 4. The first-order chi connectivity index (χ1) is 13.2. The molecule has 0 aliphatic carbocycles. The van der Waals surface area contributed by atoms with Crippen molar-refractivity contribution in [2.75, 3.05) is 0 Å². The number of aromatic hydroxyl groups is 2. The molecular weight excluding hydrogens is 354 g/mol. The van der Waals surface area contributed by atoms with Crippen molar-refractivity contribution in [3.05, 3.63) is 80.3 Å². The lowest BCUT2D eigenvalue weighted by Crippen LogP contribution is -2.34. The van der Waals surface area contributed by atoms with Gasteiger partial charge in [-0.05, 0) is 62.4 Å². The van der Waals surface area contributed by atoms with Gasteiger partial charge >= 0.3 is 5.69 Å². The summed E-state index contributed by atoms with van der Waals surface area (Å²) in [6.45, 7) is 6.09. The van der Waals surface area contributed by atoms with E-state index in [-0.39, 0.29) is 17.2 Å². The summed E-state index contributed by atoms with van der Waals surface area (Å²) in [6, 6.07) is 10.8. The molecule has 146 valence electrons. The zero-order chi connectivity index (χ0) is 20.4. The van der Waals surface area contributed by atoms with Gasteiger partial charge in [-0.25, -0.2) is 9.79 Å². The highest BCUT2D eigenvalue weighted by molar-refractivity contribution is 5.53. The molecule has 6 heteroatoms. The van der Waals surface area contributed by atoms with Gasteiger partial charge in [0.1, 0.15) is 5.49 Å². The Bertz CT molecular complexity index is 1130. The van der Waals surface area contributed by atoms with E-state index in [1.807, 2.05) is 19.9 Å². The van der Waals surface area contributed by atoms with Gasteiger partial charge < -0.3 is 15.2 Å². The van der Waals surface area contributed by atoms with E-state index in [1.54, 1.807) is 13.1 Å². The van der Waals surface area contributed by atoms with Crippen LogP contribution >= 0.6 is 0 Å². The molecule has 0 fully saturated rings. The number of nitrogens with one attached hydrogen (secondary N) is 1. The molecule has 1 aromatic heterocycles. The number of aromatic amines is 1. The molecule has 0 amide bonds. The Balaban J connectivity index is 1.97. The molecule has 0 unspecified atom stereocenters. The number of rotatable bonds is 4. The van der Waals surface area contributed by atoms with Crippen LogP contribution in [0, 0.1) is 20.8 Å². The summed E-state index contributed by atoms with van der Waals surface area (Å²) >= 11 is 0. The summed E-state index contributed by atoms with van der Waals surface area (Å²) in [5, 5.41) is 19.1. The van der Waals surface area contributed by atoms with Crippen LogP contribution in [0.25, 0.3) is 0 Å². The number of benzene rings is 2. The Hall–Kier alpha value is -3.28. The van der Waals surface area contributed by atoms with Crippen molar-refractivity contribution in [1.29, 1.82) is 0 Å². The SMILES string of the molecule is Cc1cc(C)c(N=c2cc(CCc3ccc(O)c(O)c3)[nH]c(=O)n2C)c(C)c1. The number of phenols is 2. The van der Waals surface area contributed by atoms with Gasteiger partial charge in [0.25, 0.3) is 0 Å². The smallest absolute Gasteiger partial charge is 0.326 e. The van der Waals surface area contributed by atoms with Crippen LogP contribution in [-0.4, -0.2) is 19.8 Å². The number of phenolic OH excluding ortho intramolecular Hbond substituents is 2. The molecule has 2 aromatic carbocycles. The molecule has 0 radical (unpaired) electrons. The lowest BCUT2D eigenvalue weighted by molar-refractivity contribution is 0.403. The molecule has 3 aromatic rings. The van der Waals surface area contributed by atoms with Gasteiger partial charge in [0.05, 0.1) is 5.69 Å². The zero-order valence-corrected chi connectivity index (χ0v) is 16.6. The van der Waals surface area contributed by atoms with Crippen LogP contribution in [0.2, 0.25) is 0 Å². The molecule has 3 N–H and O–H groups in total. The minimum Gasteiger partial charge on any atom is -0.504 e. The van der Waals surface area contributed by atoms with Crippen molar-refractivity contribution in [3.63, 3.8) is 0 Å². The third-order valence-corrected chi connectivity index (χ3v) is 4.80. The Morgan fingerprint density at radius 1 is 0.964 bits per heavy atom. The Labute approximate surface area is 163 Å². The minimum atomic E-state index is -0.229. The fourth-order valence-corrected chi connectivity index (χ4v) is 3.32. The fourth-order valence-electron chi connectivity index (χ4n) is 3.32. The van der Waals surface area contributed by atoms with Gasteiger partial charge in [-0.3, -0.25) is 4.57 Å². The number of hydrogen-bond donors (Lipinski definition) is 3. The van der Waals surface area contributed by atoms with Gasteiger partial charge in [0.15, 0.2) is 11.5 Å². The first kappa shape index (κ1) is 19.5. The second kappa shape index (κ2) is 7.76. The summed E-state index contributed by atoms with van der Waals surface area (Å²) in [6.07, 6.45) is 1.19. The van der Waals surface area contributed by atoms with Crippen molar-refractivity contribution in [3.8, 4) is 11.5 Å². The van der Waals surface area contributed by atoms with Gasteiger partial charge in [0, 0.05) is 18.8 Å². The Morgan fingerprint density at radius 3 is 2.29 bits per heavy atom. The van der Waals surface area contributed by atoms with Crippen LogP contribution in [-0.2, 0) is 19.9 Å². The van der Waals surface area contributed by atoms with Gasteiger partial charge in [-0.2, -0.15) is 0 Å². The van der Waals surface area contributed by atoms with Crippen molar-refractivity contribution in [2.45, 2.75) is 33.6 Å².